The van der Waals surface area contributed by atoms with Crippen LogP contribution in [0.3, 0.4) is 0 Å². The van der Waals surface area contributed by atoms with E-state index in [0.717, 1.165) is 37.2 Å². The molecule has 100 valence electrons. The lowest BCUT2D eigenvalue weighted by Crippen LogP contribution is -2.37. The Morgan fingerprint density at radius 3 is 2.72 bits per heavy atom. The summed E-state index contributed by atoms with van der Waals surface area (Å²) in [5, 5.41) is 10.6. The molecule has 0 bridgehead atoms. The number of hydrogen-bond donors (Lipinski definition) is 1. The topological polar surface area (TPSA) is 38.7 Å². The average Bonchev–Trinajstić information content (AvgIpc) is 2.88. The van der Waals surface area contributed by atoms with Gasteiger partial charge in [0.25, 0.3) is 0 Å². The molecule has 1 aliphatic heterocycles. The van der Waals surface area contributed by atoms with Crippen molar-refractivity contribution < 1.29 is 14.6 Å². The fourth-order valence-electron chi connectivity index (χ4n) is 2.72. The minimum absolute atomic E-state index is 0.492. The molecule has 3 heteroatoms. The van der Waals surface area contributed by atoms with E-state index in [1.54, 1.807) is 7.11 Å². The highest BCUT2D eigenvalue weighted by Gasteiger charge is 2.36. The number of ether oxygens (including phenoxy) is 2. The third-order valence-electron chi connectivity index (χ3n) is 4.13. The fourth-order valence-corrected chi connectivity index (χ4v) is 2.72. The van der Waals surface area contributed by atoms with Crippen LogP contribution in [0.4, 0.5) is 0 Å². The van der Waals surface area contributed by atoms with Crippen molar-refractivity contribution in [3.8, 4) is 5.75 Å². The number of methoxy groups -OCH3 is 1. The summed E-state index contributed by atoms with van der Waals surface area (Å²) in [4.78, 5) is 0. The van der Waals surface area contributed by atoms with Gasteiger partial charge >= 0.3 is 0 Å². The molecule has 0 fully saturated rings. The maximum absolute atomic E-state index is 10.6. The predicted molar refractivity (Wildman–Crippen MR) is 70.9 cm³/mol. The van der Waals surface area contributed by atoms with Gasteiger partial charge in [0.1, 0.15) is 11.9 Å². The van der Waals surface area contributed by atoms with Gasteiger partial charge in [-0.15, -0.1) is 0 Å². The molecule has 0 radical (unpaired) electrons. The van der Waals surface area contributed by atoms with E-state index in [-0.39, 0.29) is 0 Å². The molecular formula is C15H22O3. The van der Waals surface area contributed by atoms with Gasteiger partial charge in [0, 0.05) is 13.5 Å². The SMILES string of the molecule is CCC(CC)(OC)C(O)c1ccc2c(c1)CCO2. The smallest absolute Gasteiger partial charge is 0.122 e. The zero-order valence-electron chi connectivity index (χ0n) is 11.4. The van der Waals surface area contributed by atoms with Crippen molar-refractivity contribution in [3.05, 3.63) is 29.3 Å². The van der Waals surface area contributed by atoms with Crippen LogP contribution in [0.2, 0.25) is 0 Å². The van der Waals surface area contributed by atoms with Gasteiger partial charge < -0.3 is 14.6 Å². The van der Waals surface area contributed by atoms with Crippen LogP contribution in [0.25, 0.3) is 0 Å². The van der Waals surface area contributed by atoms with Crippen LogP contribution in [0, 0.1) is 0 Å². The molecule has 1 heterocycles. The summed E-state index contributed by atoms with van der Waals surface area (Å²) in [7, 11) is 1.67. The Morgan fingerprint density at radius 1 is 1.39 bits per heavy atom. The van der Waals surface area contributed by atoms with Crippen LogP contribution in [0.1, 0.15) is 43.9 Å². The van der Waals surface area contributed by atoms with Crippen LogP contribution >= 0.6 is 0 Å². The van der Waals surface area contributed by atoms with Gasteiger partial charge in [-0.2, -0.15) is 0 Å². The molecule has 0 saturated heterocycles. The highest BCUT2D eigenvalue weighted by molar-refractivity contribution is 5.41. The average molecular weight is 250 g/mol. The Bertz CT molecular complexity index is 402. The quantitative estimate of drug-likeness (QED) is 0.873. The third kappa shape index (κ3) is 2.13. The van der Waals surface area contributed by atoms with Gasteiger partial charge in [0.15, 0.2) is 0 Å². The Balaban J connectivity index is 2.30. The molecule has 1 aromatic carbocycles. The van der Waals surface area contributed by atoms with Crippen molar-refractivity contribution in [2.75, 3.05) is 13.7 Å². The molecule has 0 saturated carbocycles. The number of rotatable bonds is 5. The van der Waals surface area contributed by atoms with Crippen molar-refractivity contribution in [2.24, 2.45) is 0 Å². The molecule has 1 unspecified atom stereocenters. The van der Waals surface area contributed by atoms with E-state index in [1.165, 1.54) is 5.56 Å². The second kappa shape index (κ2) is 5.29. The van der Waals surface area contributed by atoms with Crippen LogP contribution in [0.5, 0.6) is 5.75 Å². The molecule has 1 aromatic rings. The summed E-state index contributed by atoms with van der Waals surface area (Å²) in [6.45, 7) is 4.84. The first kappa shape index (κ1) is 13.4. The maximum Gasteiger partial charge on any atom is 0.122 e. The number of aliphatic hydroxyl groups excluding tert-OH is 1. The predicted octanol–water partition coefficient (Wildman–Crippen LogP) is 2.86. The lowest BCUT2D eigenvalue weighted by molar-refractivity contribution is -0.109. The highest BCUT2D eigenvalue weighted by Crippen LogP contribution is 2.37. The normalized spacial score (nSPS) is 16.2. The monoisotopic (exact) mass is 250 g/mol. The highest BCUT2D eigenvalue weighted by atomic mass is 16.5. The number of benzene rings is 1. The Morgan fingerprint density at radius 2 is 2.11 bits per heavy atom. The molecule has 1 aliphatic rings. The molecule has 0 spiro atoms. The Labute approximate surface area is 109 Å². The summed E-state index contributed by atoms with van der Waals surface area (Å²) in [6, 6.07) is 5.94. The van der Waals surface area contributed by atoms with Gasteiger partial charge in [-0.25, -0.2) is 0 Å². The molecule has 1 N–H and O–H groups in total. The maximum atomic E-state index is 10.6. The second-order valence-electron chi connectivity index (χ2n) is 4.84. The summed E-state index contributed by atoms with van der Waals surface area (Å²) >= 11 is 0. The van der Waals surface area contributed by atoms with Gasteiger partial charge in [0.05, 0.1) is 12.2 Å². The fraction of sp³-hybridized carbons (Fsp3) is 0.600. The third-order valence-corrected chi connectivity index (χ3v) is 4.13. The van der Waals surface area contributed by atoms with Gasteiger partial charge in [-0.05, 0) is 36.1 Å². The van der Waals surface area contributed by atoms with Crippen LogP contribution in [-0.4, -0.2) is 24.4 Å². The number of fused-ring (bicyclic) bond motifs is 1. The minimum atomic E-state index is -0.594. The van der Waals surface area contributed by atoms with Gasteiger partial charge in [-0.1, -0.05) is 19.9 Å². The Kier molecular flexibility index (Phi) is 3.93. The molecule has 0 aromatic heterocycles. The lowest BCUT2D eigenvalue weighted by atomic mass is 9.85. The summed E-state index contributed by atoms with van der Waals surface area (Å²) in [5.41, 5.74) is 1.61. The van der Waals surface area contributed by atoms with Crippen molar-refractivity contribution >= 4 is 0 Å². The van der Waals surface area contributed by atoms with Gasteiger partial charge in [0.2, 0.25) is 0 Å². The van der Waals surface area contributed by atoms with Crippen molar-refractivity contribution in [2.45, 2.75) is 44.8 Å². The first-order valence-electron chi connectivity index (χ1n) is 6.65. The van der Waals surface area contributed by atoms with E-state index in [0.29, 0.717) is 0 Å². The Hall–Kier alpha value is -1.06. The zero-order chi connectivity index (χ0) is 13.2. The molecule has 1 atom stereocenters. The minimum Gasteiger partial charge on any atom is -0.493 e. The molecule has 0 amide bonds. The number of hydrogen-bond acceptors (Lipinski definition) is 3. The lowest BCUT2D eigenvalue weighted by Gasteiger charge is -2.35. The second-order valence-corrected chi connectivity index (χ2v) is 4.84. The van der Waals surface area contributed by atoms with E-state index < -0.39 is 11.7 Å². The van der Waals surface area contributed by atoms with E-state index >= 15 is 0 Å². The van der Waals surface area contributed by atoms with Crippen molar-refractivity contribution in [1.29, 1.82) is 0 Å². The first-order valence-corrected chi connectivity index (χ1v) is 6.65. The standard InChI is InChI=1S/C15H22O3/c1-4-15(5-2,17-3)14(16)12-6-7-13-11(10-12)8-9-18-13/h6-7,10,14,16H,4-5,8-9H2,1-3H3. The van der Waals surface area contributed by atoms with Crippen molar-refractivity contribution in [1.82, 2.24) is 0 Å². The molecular weight excluding hydrogens is 228 g/mol. The largest absolute Gasteiger partial charge is 0.493 e. The van der Waals surface area contributed by atoms with E-state index in [2.05, 4.69) is 0 Å². The van der Waals surface area contributed by atoms with E-state index in [4.69, 9.17) is 9.47 Å². The summed E-state index contributed by atoms with van der Waals surface area (Å²) in [6.07, 6.45) is 1.90. The van der Waals surface area contributed by atoms with E-state index in [9.17, 15) is 5.11 Å². The summed E-state index contributed by atoms with van der Waals surface area (Å²) < 4.78 is 11.1. The number of aliphatic hydroxyl groups is 1. The zero-order valence-corrected chi connectivity index (χ0v) is 11.4. The summed E-state index contributed by atoms with van der Waals surface area (Å²) in [5.74, 6) is 0.946. The van der Waals surface area contributed by atoms with Crippen LogP contribution < -0.4 is 4.74 Å². The van der Waals surface area contributed by atoms with E-state index in [1.807, 2.05) is 32.0 Å². The molecule has 2 rings (SSSR count). The van der Waals surface area contributed by atoms with Crippen LogP contribution in [-0.2, 0) is 11.2 Å². The van der Waals surface area contributed by atoms with Gasteiger partial charge in [-0.3, -0.25) is 0 Å². The first-order chi connectivity index (χ1) is 8.66. The molecule has 3 nitrogen and oxygen atoms in total. The van der Waals surface area contributed by atoms with Crippen LogP contribution in [0.15, 0.2) is 18.2 Å². The van der Waals surface area contributed by atoms with Crippen molar-refractivity contribution in [3.63, 3.8) is 0 Å². The molecule has 0 aliphatic carbocycles. The molecule has 18 heavy (non-hydrogen) atoms.